The standard InChI is InChI=1S/C21H21N3O4/c1-26-16-8-3-6-14(12-16)19-22-20(28-23-19)18-10-5-11-24(18)21(25)15-7-4-9-17(13-15)27-2/h3-4,6-9,12-13,18H,5,10-11H2,1-2H3. The molecule has 7 nitrogen and oxygen atoms in total. The van der Waals surface area contributed by atoms with Gasteiger partial charge in [0.1, 0.15) is 17.5 Å². The van der Waals surface area contributed by atoms with Gasteiger partial charge < -0.3 is 18.9 Å². The van der Waals surface area contributed by atoms with Crippen LogP contribution in [0.25, 0.3) is 11.4 Å². The highest BCUT2D eigenvalue weighted by atomic mass is 16.5. The van der Waals surface area contributed by atoms with Gasteiger partial charge in [0.25, 0.3) is 5.91 Å². The minimum atomic E-state index is -0.231. The molecular weight excluding hydrogens is 358 g/mol. The van der Waals surface area contributed by atoms with E-state index in [-0.39, 0.29) is 11.9 Å². The van der Waals surface area contributed by atoms with Crippen LogP contribution in [-0.4, -0.2) is 41.7 Å². The Morgan fingerprint density at radius 1 is 1.11 bits per heavy atom. The van der Waals surface area contributed by atoms with E-state index in [9.17, 15) is 4.79 Å². The molecule has 1 unspecified atom stereocenters. The van der Waals surface area contributed by atoms with Gasteiger partial charge in [-0.25, -0.2) is 0 Å². The van der Waals surface area contributed by atoms with Crippen LogP contribution in [0.3, 0.4) is 0 Å². The Bertz CT molecular complexity index is 985. The second-order valence-electron chi connectivity index (χ2n) is 6.58. The lowest BCUT2D eigenvalue weighted by Gasteiger charge is -2.22. The largest absolute Gasteiger partial charge is 0.497 e. The van der Waals surface area contributed by atoms with Crippen LogP contribution in [0.5, 0.6) is 11.5 Å². The highest BCUT2D eigenvalue weighted by Crippen LogP contribution is 2.34. The molecule has 2 heterocycles. The number of amides is 1. The third-order valence-electron chi connectivity index (χ3n) is 4.89. The Morgan fingerprint density at radius 3 is 2.64 bits per heavy atom. The van der Waals surface area contributed by atoms with E-state index >= 15 is 0 Å². The van der Waals surface area contributed by atoms with E-state index in [4.69, 9.17) is 14.0 Å². The van der Waals surface area contributed by atoms with Crippen molar-refractivity contribution in [3.63, 3.8) is 0 Å². The predicted octanol–water partition coefficient (Wildman–Crippen LogP) is 3.73. The van der Waals surface area contributed by atoms with Crippen molar-refractivity contribution in [1.29, 1.82) is 0 Å². The Balaban J connectivity index is 1.58. The number of hydrogen-bond acceptors (Lipinski definition) is 6. The quantitative estimate of drug-likeness (QED) is 0.672. The van der Waals surface area contributed by atoms with E-state index in [1.807, 2.05) is 36.4 Å². The zero-order valence-corrected chi connectivity index (χ0v) is 15.8. The minimum absolute atomic E-state index is 0.0671. The number of methoxy groups -OCH3 is 2. The topological polar surface area (TPSA) is 77.7 Å². The van der Waals surface area contributed by atoms with Crippen molar-refractivity contribution < 1.29 is 18.8 Å². The number of likely N-dealkylation sites (tertiary alicyclic amines) is 1. The van der Waals surface area contributed by atoms with Crippen LogP contribution < -0.4 is 9.47 Å². The number of carbonyl (C=O) groups is 1. The van der Waals surface area contributed by atoms with Crippen LogP contribution in [0, 0.1) is 0 Å². The fourth-order valence-electron chi connectivity index (χ4n) is 3.44. The average Bonchev–Trinajstić information content (AvgIpc) is 3.42. The highest BCUT2D eigenvalue weighted by Gasteiger charge is 2.34. The molecule has 0 spiro atoms. The molecule has 1 saturated heterocycles. The summed E-state index contributed by atoms with van der Waals surface area (Å²) in [4.78, 5) is 19.4. The van der Waals surface area contributed by atoms with E-state index in [1.54, 1.807) is 31.3 Å². The number of hydrogen-bond donors (Lipinski definition) is 0. The van der Waals surface area contributed by atoms with Crippen LogP contribution in [0.2, 0.25) is 0 Å². The monoisotopic (exact) mass is 379 g/mol. The van der Waals surface area contributed by atoms with Crippen LogP contribution >= 0.6 is 0 Å². The summed E-state index contributed by atoms with van der Waals surface area (Å²) >= 11 is 0. The van der Waals surface area contributed by atoms with Gasteiger partial charge in [0.05, 0.1) is 14.2 Å². The second-order valence-corrected chi connectivity index (χ2v) is 6.58. The molecule has 0 N–H and O–H groups in total. The van der Waals surface area contributed by atoms with Crippen LogP contribution in [-0.2, 0) is 0 Å². The summed E-state index contributed by atoms with van der Waals surface area (Å²) in [5.41, 5.74) is 1.39. The van der Waals surface area contributed by atoms with E-state index in [1.165, 1.54) is 0 Å². The molecule has 1 fully saturated rings. The lowest BCUT2D eigenvalue weighted by Crippen LogP contribution is -2.30. The summed E-state index contributed by atoms with van der Waals surface area (Å²) < 4.78 is 16.0. The van der Waals surface area contributed by atoms with Crippen molar-refractivity contribution in [2.45, 2.75) is 18.9 Å². The number of carbonyl (C=O) groups excluding carboxylic acids is 1. The van der Waals surface area contributed by atoms with Gasteiger partial charge in [0.15, 0.2) is 0 Å². The van der Waals surface area contributed by atoms with Gasteiger partial charge in [-0.3, -0.25) is 4.79 Å². The maximum atomic E-state index is 13.0. The maximum absolute atomic E-state index is 13.0. The maximum Gasteiger partial charge on any atom is 0.254 e. The number of ether oxygens (including phenoxy) is 2. The molecular formula is C21H21N3O4. The zero-order valence-electron chi connectivity index (χ0n) is 15.8. The molecule has 1 aromatic heterocycles. The zero-order chi connectivity index (χ0) is 19.5. The first-order chi connectivity index (χ1) is 13.7. The molecule has 28 heavy (non-hydrogen) atoms. The molecule has 1 aliphatic rings. The second kappa shape index (κ2) is 7.72. The summed E-state index contributed by atoms with van der Waals surface area (Å²) in [5.74, 6) is 2.24. The lowest BCUT2D eigenvalue weighted by molar-refractivity contribution is 0.0709. The Labute approximate surface area is 162 Å². The molecule has 1 amide bonds. The van der Waals surface area contributed by atoms with Gasteiger partial charge in [-0.1, -0.05) is 23.4 Å². The fraction of sp³-hybridized carbons (Fsp3) is 0.286. The minimum Gasteiger partial charge on any atom is -0.497 e. The van der Waals surface area contributed by atoms with E-state index in [2.05, 4.69) is 10.1 Å². The Morgan fingerprint density at radius 2 is 1.86 bits per heavy atom. The van der Waals surface area contributed by atoms with Crippen molar-refractivity contribution in [2.24, 2.45) is 0 Å². The fourth-order valence-corrected chi connectivity index (χ4v) is 3.44. The highest BCUT2D eigenvalue weighted by molar-refractivity contribution is 5.95. The van der Waals surface area contributed by atoms with Crippen molar-refractivity contribution in [3.05, 3.63) is 60.0 Å². The van der Waals surface area contributed by atoms with Crippen LogP contribution in [0.4, 0.5) is 0 Å². The normalized spacial score (nSPS) is 16.2. The molecule has 4 rings (SSSR count). The van der Waals surface area contributed by atoms with Gasteiger partial charge in [-0.15, -0.1) is 0 Å². The first-order valence-corrected chi connectivity index (χ1v) is 9.12. The third-order valence-corrected chi connectivity index (χ3v) is 4.89. The van der Waals surface area contributed by atoms with Gasteiger partial charge in [0.2, 0.25) is 11.7 Å². The summed E-state index contributed by atoms with van der Waals surface area (Å²) in [5, 5.41) is 4.10. The van der Waals surface area contributed by atoms with Crippen molar-refractivity contribution in [2.75, 3.05) is 20.8 Å². The van der Waals surface area contributed by atoms with E-state index in [0.717, 1.165) is 24.2 Å². The predicted molar refractivity (Wildman–Crippen MR) is 102 cm³/mol. The van der Waals surface area contributed by atoms with Crippen molar-refractivity contribution in [3.8, 4) is 22.9 Å². The van der Waals surface area contributed by atoms with Crippen molar-refractivity contribution >= 4 is 5.91 Å². The molecule has 7 heteroatoms. The first kappa shape index (κ1) is 18.0. The molecule has 0 aliphatic carbocycles. The van der Waals surface area contributed by atoms with E-state index in [0.29, 0.717) is 29.6 Å². The lowest BCUT2D eigenvalue weighted by atomic mass is 10.1. The average molecular weight is 379 g/mol. The molecule has 1 atom stereocenters. The van der Waals surface area contributed by atoms with Gasteiger partial charge in [-0.05, 0) is 43.2 Å². The summed E-state index contributed by atoms with van der Waals surface area (Å²) in [6.45, 7) is 0.650. The van der Waals surface area contributed by atoms with Crippen molar-refractivity contribution in [1.82, 2.24) is 15.0 Å². The number of aromatic nitrogens is 2. The summed E-state index contributed by atoms with van der Waals surface area (Å²) in [6.07, 6.45) is 1.67. The summed E-state index contributed by atoms with van der Waals surface area (Å²) in [7, 11) is 3.20. The molecule has 0 saturated carbocycles. The molecule has 1 aliphatic heterocycles. The number of nitrogens with zero attached hydrogens (tertiary/aromatic N) is 3. The molecule has 0 bridgehead atoms. The van der Waals surface area contributed by atoms with Crippen LogP contribution in [0.1, 0.15) is 35.1 Å². The smallest absolute Gasteiger partial charge is 0.254 e. The number of benzene rings is 2. The van der Waals surface area contributed by atoms with Gasteiger partial charge in [-0.2, -0.15) is 4.98 Å². The summed E-state index contributed by atoms with van der Waals surface area (Å²) in [6, 6.07) is 14.4. The Hall–Kier alpha value is -3.35. The number of rotatable bonds is 5. The molecule has 144 valence electrons. The van der Waals surface area contributed by atoms with Crippen LogP contribution in [0.15, 0.2) is 53.1 Å². The van der Waals surface area contributed by atoms with Gasteiger partial charge >= 0.3 is 0 Å². The molecule has 2 aromatic carbocycles. The molecule has 0 radical (unpaired) electrons. The van der Waals surface area contributed by atoms with Gasteiger partial charge in [0, 0.05) is 17.7 Å². The Kier molecular flexibility index (Phi) is 4.97. The van der Waals surface area contributed by atoms with E-state index < -0.39 is 0 Å². The first-order valence-electron chi connectivity index (χ1n) is 9.12. The molecule has 3 aromatic rings. The third kappa shape index (κ3) is 3.43. The SMILES string of the molecule is COc1cccc(C(=O)N2CCCC2c2nc(-c3cccc(OC)c3)no2)c1.